The van der Waals surface area contributed by atoms with Crippen LogP contribution in [0, 0.1) is 5.92 Å². The second-order valence-corrected chi connectivity index (χ2v) is 6.18. The predicted octanol–water partition coefficient (Wildman–Crippen LogP) is 3.36. The van der Waals surface area contributed by atoms with Gasteiger partial charge in [0, 0.05) is 23.2 Å². The zero-order valence-electron chi connectivity index (χ0n) is 13.1. The second-order valence-electron chi connectivity index (χ2n) is 6.18. The molecular formula is C18H23NO2. The predicted molar refractivity (Wildman–Crippen MR) is 84.8 cm³/mol. The molecule has 0 fully saturated rings. The largest absolute Gasteiger partial charge is 0.302 e. The summed E-state index contributed by atoms with van der Waals surface area (Å²) in [5.74, 6) is 0.624. The molecule has 0 N–H and O–H groups in total. The van der Waals surface area contributed by atoms with Crippen molar-refractivity contribution in [3.63, 3.8) is 0 Å². The van der Waals surface area contributed by atoms with E-state index < -0.39 is 0 Å². The molecule has 3 heteroatoms. The Balaban J connectivity index is 2.02. The lowest BCUT2D eigenvalue weighted by atomic mass is 9.89. The minimum atomic E-state index is -0.0595. The van der Waals surface area contributed by atoms with Crippen LogP contribution in [0.15, 0.2) is 35.9 Å². The van der Waals surface area contributed by atoms with Crippen molar-refractivity contribution in [2.75, 3.05) is 20.1 Å². The number of carbonyl (C=O) groups is 2. The molecule has 0 saturated carbocycles. The summed E-state index contributed by atoms with van der Waals surface area (Å²) in [6, 6.07) is 7.05. The highest BCUT2D eigenvalue weighted by molar-refractivity contribution is 6.24. The maximum atomic E-state index is 12.4. The van der Waals surface area contributed by atoms with E-state index in [2.05, 4.69) is 18.7 Å². The Morgan fingerprint density at radius 1 is 1.10 bits per heavy atom. The van der Waals surface area contributed by atoms with Gasteiger partial charge in [-0.25, -0.2) is 0 Å². The van der Waals surface area contributed by atoms with Crippen LogP contribution in [-0.2, 0) is 0 Å². The van der Waals surface area contributed by atoms with Crippen LogP contribution in [0.2, 0.25) is 0 Å². The number of benzene rings is 1. The fourth-order valence-corrected chi connectivity index (χ4v) is 2.63. The van der Waals surface area contributed by atoms with Crippen molar-refractivity contribution in [3.05, 3.63) is 47.0 Å². The van der Waals surface area contributed by atoms with E-state index in [-0.39, 0.29) is 11.6 Å². The third kappa shape index (κ3) is 3.88. The van der Waals surface area contributed by atoms with Crippen molar-refractivity contribution in [1.29, 1.82) is 0 Å². The van der Waals surface area contributed by atoms with E-state index in [0.717, 1.165) is 13.0 Å². The normalized spacial score (nSPS) is 14.6. The van der Waals surface area contributed by atoms with Gasteiger partial charge < -0.3 is 4.90 Å². The molecule has 1 aromatic rings. The van der Waals surface area contributed by atoms with Gasteiger partial charge in [-0.05, 0) is 38.4 Å². The molecule has 1 aliphatic rings. The minimum absolute atomic E-state index is 0.0130. The van der Waals surface area contributed by atoms with Gasteiger partial charge in [0.2, 0.25) is 0 Å². The summed E-state index contributed by atoms with van der Waals surface area (Å²) in [4.78, 5) is 26.6. The molecule has 0 bridgehead atoms. The fourth-order valence-electron chi connectivity index (χ4n) is 2.63. The molecule has 21 heavy (non-hydrogen) atoms. The molecule has 112 valence electrons. The Bertz CT molecular complexity index is 572. The molecule has 3 nitrogen and oxygen atoms in total. The third-order valence-corrected chi connectivity index (χ3v) is 3.80. The molecule has 0 amide bonds. The van der Waals surface area contributed by atoms with Gasteiger partial charge in [-0.3, -0.25) is 9.59 Å². The molecule has 0 saturated heterocycles. The average molecular weight is 285 g/mol. The zero-order chi connectivity index (χ0) is 15.4. The zero-order valence-corrected chi connectivity index (χ0v) is 13.1. The van der Waals surface area contributed by atoms with Crippen LogP contribution in [0.1, 0.15) is 47.4 Å². The summed E-state index contributed by atoms with van der Waals surface area (Å²) in [6.07, 6.45) is 3.79. The molecule has 0 aliphatic heterocycles. The van der Waals surface area contributed by atoms with Crippen LogP contribution in [0.5, 0.6) is 0 Å². The molecular weight excluding hydrogens is 262 g/mol. The number of likely N-dealkylation sites (N-methyl/N-ethyl adjacent to an activating group) is 1. The van der Waals surface area contributed by atoms with Gasteiger partial charge >= 0.3 is 0 Å². The Morgan fingerprint density at radius 3 is 2.43 bits per heavy atom. The second kappa shape index (κ2) is 6.81. The van der Waals surface area contributed by atoms with Crippen LogP contribution in [-0.4, -0.2) is 36.6 Å². The molecule has 2 rings (SSSR count). The van der Waals surface area contributed by atoms with Gasteiger partial charge in [-0.2, -0.15) is 0 Å². The molecule has 0 radical (unpaired) electrons. The number of allylic oxidation sites excluding steroid dienone is 1. The van der Waals surface area contributed by atoms with Gasteiger partial charge in [0.15, 0.2) is 11.6 Å². The van der Waals surface area contributed by atoms with Crippen molar-refractivity contribution >= 4 is 11.6 Å². The van der Waals surface area contributed by atoms with Crippen molar-refractivity contribution in [2.45, 2.75) is 26.7 Å². The van der Waals surface area contributed by atoms with Crippen LogP contribution < -0.4 is 0 Å². The van der Waals surface area contributed by atoms with Gasteiger partial charge in [0.25, 0.3) is 0 Å². The van der Waals surface area contributed by atoms with Crippen molar-refractivity contribution in [2.24, 2.45) is 5.92 Å². The number of fused-ring (bicyclic) bond motifs is 1. The van der Waals surface area contributed by atoms with Crippen LogP contribution in [0.4, 0.5) is 0 Å². The van der Waals surface area contributed by atoms with Gasteiger partial charge in [0.1, 0.15) is 0 Å². The van der Waals surface area contributed by atoms with E-state index in [0.29, 0.717) is 29.2 Å². The fraction of sp³-hybridized carbons (Fsp3) is 0.444. The highest BCUT2D eigenvalue weighted by atomic mass is 16.1. The lowest BCUT2D eigenvalue weighted by Gasteiger charge is -2.21. The van der Waals surface area contributed by atoms with Crippen LogP contribution in [0.3, 0.4) is 0 Å². The first kappa shape index (κ1) is 15.6. The maximum absolute atomic E-state index is 12.4. The first-order valence-corrected chi connectivity index (χ1v) is 7.56. The van der Waals surface area contributed by atoms with Crippen molar-refractivity contribution < 1.29 is 9.59 Å². The maximum Gasteiger partial charge on any atom is 0.191 e. The van der Waals surface area contributed by atoms with E-state index in [9.17, 15) is 9.59 Å². The minimum Gasteiger partial charge on any atom is -0.302 e. The van der Waals surface area contributed by atoms with Gasteiger partial charge in [-0.1, -0.05) is 38.1 Å². The topological polar surface area (TPSA) is 37.4 Å². The summed E-state index contributed by atoms with van der Waals surface area (Å²) < 4.78 is 0. The lowest BCUT2D eigenvalue weighted by Crippen LogP contribution is -2.28. The smallest absolute Gasteiger partial charge is 0.191 e. The number of hydrogen-bond acceptors (Lipinski definition) is 3. The number of rotatable bonds is 6. The molecule has 0 atom stereocenters. The molecule has 0 spiro atoms. The standard InChI is InChI=1S/C18H23NO2/c1-13(2)7-6-10-19(3)12-14-11-17(20)15-8-4-5-9-16(15)18(14)21/h4-5,8-9,11,13H,6-7,10,12H2,1-3H3. The molecule has 0 unspecified atom stereocenters. The first-order chi connectivity index (χ1) is 9.99. The lowest BCUT2D eigenvalue weighted by molar-refractivity contribution is 0.0977. The van der Waals surface area contributed by atoms with E-state index in [1.165, 1.54) is 12.5 Å². The Morgan fingerprint density at radius 2 is 1.76 bits per heavy atom. The van der Waals surface area contributed by atoms with E-state index in [1.54, 1.807) is 24.3 Å². The summed E-state index contributed by atoms with van der Waals surface area (Å²) in [5.41, 5.74) is 1.66. The molecule has 1 aromatic carbocycles. The van der Waals surface area contributed by atoms with Crippen molar-refractivity contribution in [3.8, 4) is 0 Å². The monoisotopic (exact) mass is 285 g/mol. The SMILES string of the molecule is CC(C)CCCN(C)CC1=CC(=O)c2ccccc2C1=O. The Kier molecular flexibility index (Phi) is 5.07. The molecule has 0 aromatic heterocycles. The van der Waals surface area contributed by atoms with Gasteiger partial charge in [-0.15, -0.1) is 0 Å². The summed E-state index contributed by atoms with van der Waals surface area (Å²) >= 11 is 0. The average Bonchev–Trinajstić information content (AvgIpc) is 2.44. The number of Topliss-reactive ketones (excluding diaryl/α,β-unsaturated/α-hetero) is 1. The van der Waals surface area contributed by atoms with E-state index >= 15 is 0 Å². The van der Waals surface area contributed by atoms with Crippen LogP contribution >= 0.6 is 0 Å². The first-order valence-electron chi connectivity index (χ1n) is 7.56. The number of hydrogen-bond donors (Lipinski definition) is 0. The number of carbonyl (C=O) groups excluding carboxylic acids is 2. The molecule has 1 aliphatic carbocycles. The quantitative estimate of drug-likeness (QED) is 0.804. The molecule has 0 heterocycles. The Labute approximate surface area is 126 Å². The number of nitrogens with zero attached hydrogens (tertiary/aromatic N) is 1. The highest BCUT2D eigenvalue weighted by Crippen LogP contribution is 2.21. The number of ketones is 2. The third-order valence-electron chi connectivity index (χ3n) is 3.80. The van der Waals surface area contributed by atoms with E-state index in [4.69, 9.17) is 0 Å². The summed E-state index contributed by atoms with van der Waals surface area (Å²) in [7, 11) is 2.00. The van der Waals surface area contributed by atoms with Crippen LogP contribution in [0.25, 0.3) is 0 Å². The highest BCUT2D eigenvalue weighted by Gasteiger charge is 2.25. The summed E-state index contributed by atoms with van der Waals surface area (Å²) in [6.45, 7) is 5.90. The summed E-state index contributed by atoms with van der Waals surface area (Å²) in [5, 5.41) is 0. The van der Waals surface area contributed by atoms with Crippen molar-refractivity contribution in [1.82, 2.24) is 4.90 Å². The van der Waals surface area contributed by atoms with Gasteiger partial charge in [0.05, 0.1) is 0 Å². The van der Waals surface area contributed by atoms with E-state index in [1.807, 2.05) is 7.05 Å². The Hall–Kier alpha value is -1.74.